The van der Waals surface area contributed by atoms with Crippen LogP contribution in [0.15, 0.2) is 41.4 Å². The van der Waals surface area contributed by atoms with Crippen LogP contribution in [0.3, 0.4) is 0 Å². The number of benzene rings is 1. The molecule has 0 amide bonds. The van der Waals surface area contributed by atoms with Gasteiger partial charge in [0.2, 0.25) is 0 Å². The van der Waals surface area contributed by atoms with Crippen molar-refractivity contribution < 1.29 is 19.5 Å². The SMILES string of the molecule is Cc1cc(C)n(C(C(=NC(C)C)[N-]C(C)C)n2nc(C)cc2C)n1.Cc1ccc([NH-])cc1.[Zn+2]. The van der Waals surface area contributed by atoms with E-state index >= 15 is 0 Å². The third-order valence-electron chi connectivity index (χ3n) is 4.62. The summed E-state index contributed by atoms with van der Waals surface area (Å²) >= 11 is 0. The average molecular weight is 501 g/mol. The number of nitrogens with zero attached hydrogens (tertiary/aromatic N) is 6. The van der Waals surface area contributed by atoms with Gasteiger partial charge in [-0.1, -0.05) is 57.5 Å². The molecule has 0 aliphatic rings. The van der Waals surface area contributed by atoms with Crippen molar-refractivity contribution in [2.75, 3.05) is 0 Å². The molecular weight excluding hydrogens is 464 g/mol. The summed E-state index contributed by atoms with van der Waals surface area (Å²) in [5.41, 5.74) is 13.0. The van der Waals surface area contributed by atoms with Crippen LogP contribution in [0.4, 0.5) is 5.69 Å². The van der Waals surface area contributed by atoms with Crippen molar-refractivity contribution in [2.45, 2.75) is 80.6 Å². The zero-order valence-corrected chi connectivity index (χ0v) is 24.6. The van der Waals surface area contributed by atoms with Crippen LogP contribution < -0.4 is 0 Å². The van der Waals surface area contributed by atoms with Crippen molar-refractivity contribution in [1.82, 2.24) is 19.6 Å². The maximum absolute atomic E-state index is 7.09. The second kappa shape index (κ2) is 12.7. The van der Waals surface area contributed by atoms with Gasteiger partial charge in [0.05, 0.1) is 11.4 Å². The molecule has 3 rings (SSSR count). The van der Waals surface area contributed by atoms with Gasteiger partial charge in [0.1, 0.15) is 0 Å². The van der Waals surface area contributed by atoms with E-state index in [2.05, 4.69) is 63.9 Å². The number of hydrogen-bond acceptors (Lipinski definition) is 3. The van der Waals surface area contributed by atoms with E-state index in [4.69, 9.17) is 16.0 Å². The standard InChI is InChI=1S/C18H29N6.C7H8N.Zn/c1-11(2)19-17(20-12(3)4)18(23-15(7)9-13(5)21-23)24-16(8)10-14(6)22-24;1-6-2-4-7(8)5-3-6;/h9-12,18H,1-8H3;2-5,8H,1H3;/q2*-1;+2. The molecule has 2 aromatic heterocycles. The van der Waals surface area contributed by atoms with Gasteiger partial charge in [0.15, 0.2) is 6.17 Å². The average Bonchev–Trinajstić information content (AvgIpc) is 3.18. The van der Waals surface area contributed by atoms with E-state index in [1.807, 2.05) is 42.3 Å². The van der Waals surface area contributed by atoms with Crippen molar-refractivity contribution >= 4 is 11.5 Å². The van der Waals surface area contributed by atoms with Crippen molar-refractivity contribution in [1.29, 1.82) is 0 Å². The predicted octanol–water partition coefficient (Wildman–Crippen LogP) is 6.63. The van der Waals surface area contributed by atoms with Gasteiger partial charge in [-0.2, -0.15) is 10.2 Å². The van der Waals surface area contributed by atoms with Crippen LogP contribution in [0, 0.1) is 34.6 Å². The molecule has 8 heteroatoms. The molecule has 0 saturated carbocycles. The minimum Gasteiger partial charge on any atom is -0.699 e. The zero-order valence-electron chi connectivity index (χ0n) is 21.6. The summed E-state index contributed by atoms with van der Waals surface area (Å²) in [6, 6.07) is 11.9. The van der Waals surface area contributed by atoms with Crippen LogP contribution >= 0.6 is 0 Å². The Balaban J connectivity index is 0.000000511. The molecule has 0 spiro atoms. The van der Waals surface area contributed by atoms with E-state index in [1.54, 1.807) is 12.1 Å². The second-order valence-electron chi connectivity index (χ2n) is 8.79. The molecule has 174 valence electrons. The molecule has 1 aromatic carbocycles. The number of aromatic nitrogens is 4. The zero-order chi connectivity index (χ0) is 24.0. The smallest absolute Gasteiger partial charge is 0.699 e. The Hall–Kier alpha value is -2.47. The molecule has 0 radical (unpaired) electrons. The molecule has 1 N–H and O–H groups in total. The van der Waals surface area contributed by atoms with Crippen molar-refractivity contribution in [3.05, 3.63) is 75.8 Å². The van der Waals surface area contributed by atoms with Gasteiger partial charge in [-0.15, -0.1) is 5.69 Å². The van der Waals surface area contributed by atoms with E-state index in [1.165, 1.54) is 5.56 Å². The van der Waals surface area contributed by atoms with Crippen LogP contribution in [0.1, 0.15) is 62.2 Å². The fourth-order valence-electron chi connectivity index (χ4n) is 3.36. The van der Waals surface area contributed by atoms with Crippen molar-refractivity contribution in [2.24, 2.45) is 4.99 Å². The molecule has 0 saturated heterocycles. The summed E-state index contributed by atoms with van der Waals surface area (Å²) in [5, 5.41) is 14.2. The Labute approximate surface area is 211 Å². The first kappa shape index (κ1) is 28.6. The maximum atomic E-state index is 7.09. The molecule has 33 heavy (non-hydrogen) atoms. The number of hydrogen-bond donors (Lipinski definition) is 0. The van der Waals surface area contributed by atoms with Crippen LogP contribution in [0.25, 0.3) is 11.1 Å². The quantitative estimate of drug-likeness (QED) is 0.224. The predicted molar refractivity (Wildman–Crippen MR) is 134 cm³/mol. The number of aryl methyl sites for hydroxylation is 5. The Kier molecular flexibility index (Phi) is 11.0. The molecular formula is C25H37N7Zn. The van der Waals surface area contributed by atoms with Crippen molar-refractivity contribution in [3.8, 4) is 0 Å². The summed E-state index contributed by atoms with van der Waals surface area (Å²) in [6.45, 7) is 18.4. The first-order valence-corrected chi connectivity index (χ1v) is 11.1. The number of rotatable bonds is 5. The molecule has 7 nitrogen and oxygen atoms in total. The summed E-state index contributed by atoms with van der Waals surface area (Å²) in [6.07, 6.45) is -0.266. The third-order valence-corrected chi connectivity index (χ3v) is 4.62. The summed E-state index contributed by atoms with van der Waals surface area (Å²) in [4.78, 5) is 4.80. The van der Waals surface area contributed by atoms with Crippen LogP contribution in [-0.4, -0.2) is 37.5 Å². The normalized spacial score (nSPS) is 11.5. The summed E-state index contributed by atoms with van der Waals surface area (Å²) in [7, 11) is 0. The Morgan fingerprint density at radius 2 is 1.30 bits per heavy atom. The molecule has 0 atom stereocenters. The van der Waals surface area contributed by atoms with E-state index in [9.17, 15) is 0 Å². The van der Waals surface area contributed by atoms with Gasteiger partial charge < -0.3 is 16.0 Å². The minimum atomic E-state index is -0.266. The van der Waals surface area contributed by atoms with Crippen LogP contribution in [0.5, 0.6) is 0 Å². The molecule has 0 aliphatic carbocycles. The Morgan fingerprint density at radius 1 is 0.848 bits per heavy atom. The number of aliphatic imine (C=N–C) groups is 1. The first-order valence-electron chi connectivity index (χ1n) is 11.1. The maximum Gasteiger partial charge on any atom is 2.00 e. The van der Waals surface area contributed by atoms with E-state index in [-0.39, 0.29) is 37.7 Å². The monoisotopic (exact) mass is 499 g/mol. The fourth-order valence-corrected chi connectivity index (χ4v) is 3.36. The van der Waals surface area contributed by atoms with Crippen LogP contribution in [-0.2, 0) is 19.5 Å². The minimum absolute atomic E-state index is 0. The molecule has 0 fully saturated rings. The molecule has 3 aromatic rings. The van der Waals surface area contributed by atoms with Crippen molar-refractivity contribution in [3.63, 3.8) is 0 Å². The number of amidine groups is 1. The molecule has 2 heterocycles. The number of nitrogens with one attached hydrogen (secondary N) is 1. The van der Waals surface area contributed by atoms with E-state index in [0.29, 0.717) is 5.69 Å². The van der Waals surface area contributed by atoms with Gasteiger partial charge >= 0.3 is 19.5 Å². The summed E-state index contributed by atoms with van der Waals surface area (Å²) < 4.78 is 3.95. The topological polar surface area (TPSA) is 85.9 Å². The first-order chi connectivity index (χ1) is 15.0. The largest absolute Gasteiger partial charge is 2.00 e. The van der Waals surface area contributed by atoms with Crippen LogP contribution in [0.2, 0.25) is 0 Å². The molecule has 0 unspecified atom stereocenters. The third kappa shape index (κ3) is 8.43. The van der Waals surface area contributed by atoms with Gasteiger partial charge in [0.25, 0.3) is 0 Å². The summed E-state index contributed by atoms with van der Waals surface area (Å²) in [5.74, 6) is 0.761. The molecule has 0 aliphatic heterocycles. The molecule has 0 bridgehead atoms. The Bertz CT molecular complexity index is 962. The van der Waals surface area contributed by atoms with Gasteiger partial charge in [-0.3, -0.25) is 0 Å². The Morgan fingerprint density at radius 3 is 1.61 bits per heavy atom. The van der Waals surface area contributed by atoms with Gasteiger partial charge in [-0.05, 0) is 64.7 Å². The van der Waals surface area contributed by atoms with E-state index in [0.717, 1.165) is 28.6 Å². The van der Waals surface area contributed by atoms with Gasteiger partial charge in [0, 0.05) is 11.4 Å². The second-order valence-corrected chi connectivity index (χ2v) is 8.79. The van der Waals surface area contributed by atoms with E-state index < -0.39 is 0 Å². The fraction of sp³-hybridized carbons (Fsp3) is 0.480. The van der Waals surface area contributed by atoms with Gasteiger partial charge in [-0.25, -0.2) is 9.36 Å².